The minimum Gasteiger partial charge on any atom is -0.309 e. The zero-order chi connectivity index (χ0) is 8.60. The third kappa shape index (κ3) is 1.27. The van der Waals surface area contributed by atoms with E-state index in [1.54, 1.807) is 0 Å². The van der Waals surface area contributed by atoms with Crippen LogP contribution in [0.25, 0.3) is 0 Å². The van der Waals surface area contributed by atoms with Crippen molar-refractivity contribution in [2.24, 2.45) is 0 Å². The summed E-state index contributed by atoms with van der Waals surface area (Å²) in [6, 6.07) is 0.790. The highest BCUT2D eigenvalue weighted by Crippen LogP contribution is 2.31. The van der Waals surface area contributed by atoms with Gasteiger partial charge in [-0.3, -0.25) is 4.90 Å². The summed E-state index contributed by atoms with van der Waals surface area (Å²) in [5, 5.41) is 3.64. The van der Waals surface area contributed by atoms with E-state index in [0.717, 1.165) is 6.04 Å². The number of nitrogens with one attached hydrogen (secondary N) is 1. The van der Waals surface area contributed by atoms with Gasteiger partial charge >= 0.3 is 0 Å². The van der Waals surface area contributed by atoms with Gasteiger partial charge in [0, 0.05) is 26.1 Å². The first-order valence-corrected chi connectivity index (χ1v) is 5.25. The van der Waals surface area contributed by atoms with E-state index in [9.17, 15) is 0 Å². The molecule has 0 aromatic carbocycles. The van der Waals surface area contributed by atoms with Gasteiger partial charge in [-0.05, 0) is 32.7 Å². The molecule has 2 fully saturated rings. The fraction of sp³-hybridized carbons (Fsp3) is 1.00. The highest BCUT2D eigenvalue weighted by atomic mass is 15.3. The summed E-state index contributed by atoms with van der Waals surface area (Å²) in [4.78, 5) is 2.60. The topological polar surface area (TPSA) is 15.3 Å². The Labute approximate surface area is 76.8 Å². The molecule has 0 bridgehead atoms. The predicted octanol–water partition coefficient (Wildman–Crippen LogP) is 1.47. The van der Waals surface area contributed by atoms with Crippen molar-refractivity contribution < 1.29 is 1.43 Å². The van der Waals surface area contributed by atoms with E-state index in [1.165, 1.54) is 38.9 Å². The molecular formula is C10H22N2. The van der Waals surface area contributed by atoms with Crippen molar-refractivity contribution in [1.82, 2.24) is 10.2 Å². The van der Waals surface area contributed by atoms with Gasteiger partial charge in [0.1, 0.15) is 0 Å². The second-order valence-electron chi connectivity index (χ2n) is 4.47. The molecular weight excluding hydrogens is 148 g/mol. The molecule has 1 unspecified atom stereocenters. The van der Waals surface area contributed by atoms with Crippen molar-refractivity contribution in [2.75, 3.05) is 19.6 Å². The Balaban J connectivity index is 0.000000845. The molecule has 2 aliphatic heterocycles. The molecule has 72 valence electrons. The Hall–Kier alpha value is -0.0800. The van der Waals surface area contributed by atoms with Crippen LogP contribution in [-0.4, -0.2) is 36.1 Å². The van der Waals surface area contributed by atoms with E-state index in [-0.39, 0.29) is 1.43 Å². The highest BCUT2D eigenvalue weighted by molar-refractivity contribution is 5.06. The normalized spacial score (nSPS) is 30.5. The molecule has 12 heavy (non-hydrogen) atoms. The number of hydrogen-bond donors (Lipinski definition) is 1. The van der Waals surface area contributed by atoms with E-state index in [2.05, 4.69) is 24.1 Å². The molecule has 0 aromatic heterocycles. The standard InChI is InChI=1S/C10H20N2.H2/c1-3-9(2)12-7-10(8-12)5-4-6-11-10;/h9,11H,3-8H2,1-2H3;1H. The van der Waals surface area contributed by atoms with Gasteiger partial charge < -0.3 is 5.32 Å². The average molecular weight is 170 g/mol. The van der Waals surface area contributed by atoms with Crippen molar-refractivity contribution in [1.29, 1.82) is 0 Å². The number of nitrogens with zero attached hydrogens (tertiary/aromatic N) is 1. The van der Waals surface area contributed by atoms with E-state index < -0.39 is 0 Å². The molecule has 2 heteroatoms. The number of hydrogen-bond acceptors (Lipinski definition) is 2. The fourth-order valence-corrected chi connectivity index (χ4v) is 2.44. The number of likely N-dealkylation sites (tertiary alicyclic amines) is 1. The second-order valence-corrected chi connectivity index (χ2v) is 4.47. The Morgan fingerprint density at radius 3 is 2.83 bits per heavy atom. The van der Waals surface area contributed by atoms with Crippen LogP contribution in [0.3, 0.4) is 0 Å². The molecule has 2 saturated heterocycles. The third-order valence-electron chi connectivity index (χ3n) is 3.56. The molecule has 0 amide bonds. The SMILES string of the molecule is CCC(C)N1CC2(CCCN2)C1.[HH]. The van der Waals surface area contributed by atoms with E-state index in [0.29, 0.717) is 5.54 Å². The van der Waals surface area contributed by atoms with Crippen LogP contribution in [0.2, 0.25) is 0 Å². The quantitative estimate of drug-likeness (QED) is 0.675. The molecule has 0 saturated carbocycles. The molecule has 2 rings (SSSR count). The van der Waals surface area contributed by atoms with Crippen molar-refractivity contribution in [3.8, 4) is 0 Å². The Kier molecular flexibility index (Phi) is 2.13. The van der Waals surface area contributed by atoms with Crippen LogP contribution in [0, 0.1) is 0 Å². The molecule has 1 spiro atoms. The van der Waals surface area contributed by atoms with Gasteiger partial charge in [0.05, 0.1) is 0 Å². The molecule has 1 atom stereocenters. The van der Waals surface area contributed by atoms with E-state index in [1.807, 2.05) is 0 Å². The zero-order valence-corrected chi connectivity index (χ0v) is 8.27. The van der Waals surface area contributed by atoms with Crippen molar-refractivity contribution in [3.05, 3.63) is 0 Å². The Morgan fingerprint density at radius 2 is 2.33 bits per heavy atom. The predicted molar refractivity (Wildman–Crippen MR) is 53.4 cm³/mol. The summed E-state index contributed by atoms with van der Waals surface area (Å²) in [5.41, 5.74) is 0.545. The highest BCUT2D eigenvalue weighted by Gasteiger charge is 2.45. The van der Waals surface area contributed by atoms with Crippen LogP contribution in [0.5, 0.6) is 0 Å². The van der Waals surface area contributed by atoms with Crippen LogP contribution in [0.15, 0.2) is 0 Å². The Morgan fingerprint density at radius 1 is 1.58 bits per heavy atom. The summed E-state index contributed by atoms with van der Waals surface area (Å²) in [6.45, 7) is 8.44. The summed E-state index contributed by atoms with van der Waals surface area (Å²) in [6.07, 6.45) is 4.07. The molecule has 1 N–H and O–H groups in total. The van der Waals surface area contributed by atoms with Gasteiger partial charge in [0.2, 0.25) is 0 Å². The lowest BCUT2D eigenvalue weighted by Crippen LogP contribution is -2.68. The van der Waals surface area contributed by atoms with Crippen molar-refractivity contribution >= 4 is 0 Å². The lowest BCUT2D eigenvalue weighted by atomic mass is 9.87. The van der Waals surface area contributed by atoms with Gasteiger partial charge in [-0.15, -0.1) is 0 Å². The summed E-state index contributed by atoms with van der Waals surface area (Å²) in [7, 11) is 0. The largest absolute Gasteiger partial charge is 0.309 e. The molecule has 2 aliphatic rings. The maximum absolute atomic E-state index is 3.64. The third-order valence-corrected chi connectivity index (χ3v) is 3.56. The van der Waals surface area contributed by atoms with Crippen molar-refractivity contribution in [2.45, 2.75) is 44.7 Å². The van der Waals surface area contributed by atoms with Gasteiger partial charge in [0.25, 0.3) is 0 Å². The fourth-order valence-electron chi connectivity index (χ4n) is 2.44. The lowest BCUT2D eigenvalue weighted by Gasteiger charge is -2.51. The van der Waals surface area contributed by atoms with Gasteiger partial charge in [-0.1, -0.05) is 6.92 Å². The monoisotopic (exact) mass is 170 g/mol. The molecule has 0 radical (unpaired) electrons. The van der Waals surface area contributed by atoms with Gasteiger partial charge in [-0.25, -0.2) is 0 Å². The average Bonchev–Trinajstić information content (AvgIpc) is 2.48. The van der Waals surface area contributed by atoms with Crippen LogP contribution < -0.4 is 5.32 Å². The van der Waals surface area contributed by atoms with Crippen LogP contribution in [0.4, 0.5) is 0 Å². The molecule has 2 heterocycles. The second kappa shape index (κ2) is 3.00. The van der Waals surface area contributed by atoms with Crippen LogP contribution in [-0.2, 0) is 0 Å². The first-order valence-electron chi connectivity index (χ1n) is 5.25. The van der Waals surface area contributed by atoms with Gasteiger partial charge in [-0.2, -0.15) is 0 Å². The minimum absolute atomic E-state index is 0. The summed E-state index contributed by atoms with van der Waals surface area (Å²) < 4.78 is 0. The first-order chi connectivity index (χ1) is 5.76. The molecule has 0 aromatic rings. The first kappa shape index (κ1) is 8.52. The molecule has 0 aliphatic carbocycles. The summed E-state index contributed by atoms with van der Waals surface area (Å²) in [5.74, 6) is 0. The van der Waals surface area contributed by atoms with E-state index >= 15 is 0 Å². The smallest absolute Gasteiger partial charge is 0.0438 e. The maximum atomic E-state index is 3.64. The van der Waals surface area contributed by atoms with Crippen molar-refractivity contribution in [3.63, 3.8) is 0 Å². The Bertz CT molecular complexity index is 158. The lowest BCUT2D eigenvalue weighted by molar-refractivity contribution is 0.0216. The minimum atomic E-state index is 0. The van der Waals surface area contributed by atoms with E-state index in [4.69, 9.17) is 0 Å². The number of rotatable bonds is 2. The molecule has 2 nitrogen and oxygen atoms in total. The van der Waals surface area contributed by atoms with Crippen LogP contribution >= 0.6 is 0 Å². The van der Waals surface area contributed by atoms with Crippen LogP contribution in [0.1, 0.15) is 34.5 Å². The van der Waals surface area contributed by atoms with Gasteiger partial charge in [0.15, 0.2) is 0 Å². The maximum Gasteiger partial charge on any atom is 0.0438 e. The zero-order valence-electron chi connectivity index (χ0n) is 8.27. The summed E-state index contributed by atoms with van der Waals surface area (Å²) >= 11 is 0.